The summed E-state index contributed by atoms with van der Waals surface area (Å²) in [5, 5.41) is 6.43. The molecular weight excluding hydrogens is 212 g/mol. The van der Waals surface area contributed by atoms with Gasteiger partial charge in [-0.25, -0.2) is 0 Å². The van der Waals surface area contributed by atoms with E-state index in [4.69, 9.17) is 0 Å². The molecule has 0 aliphatic heterocycles. The Morgan fingerprint density at radius 3 is 2.29 bits per heavy atom. The highest BCUT2D eigenvalue weighted by Crippen LogP contribution is 2.27. The Morgan fingerprint density at radius 1 is 1.06 bits per heavy atom. The minimum absolute atomic E-state index is 0.191. The highest BCUT2D eigenvalue weighted by molar-refractivity contribution is 5.78. The van der Waals surface area contributed by atoms with Crippen LogP contribution in [0.2, 0.25) is 0 Å². The summed E-state index contributed by atoms with van der Waals surface area (Å²) in [5.41, 5.74) is 0. The van der Waals surface area contributed by atoms with E-state index in [0.29, 0.717) is 18.6 Å². The molecule has 0 radical (unpaired) electrons. The van der Waals surface area contributed by atoms with Crippen molar-refractivity contribution in [3.05, 3.63) is 0 Å². The Kier molecular flexibility index (Phi) is 4.84. The van der Waals surface area contributed by atoms with Crippen molar-refractivity contribution in [2.24, 2.45) is 5.92 Å². The van der Waals surface area contributed by atoms with Gasteiger partial charge >= 0.3 is 0 Å². The van der Waals surface area contributed by atoms with Gasteiger partial charge in [0.05, 0.1) is 6.54 Å². The van der Waals surface area contributed by atoms with Gasteiger partial charge in [-0.05, 0) is 44.4 Å². The second kappa shape index (κ2) is 6.39. The van der Waals surface area contributed by atoms with Crippen molar-refractivity contribution in [3.63, 3.8) is 0 Å². The molecule has 0 spiro atoms. The maximum Gasteiger partial charge on any atom is 0.234 e. The molecule has 2 fully saturated rings. The summed E-state index contributed by atoms with van der Waals surface area (Å²) < 4.78 is 0. The Hall–Kier alpha value is -0.570. The van der Waals surface area contributed by atoms with Crippen LogP contribution in [0.3, 0.4) is 0 Å². The molecule has 0 atom stereocenters. The standard InChI is InChI=1S/C14H26N2O/c1-2-3-11-4-6-13(7-5-11)16-14(17)10-15-12-8-9-12/h11-13,15H,2-10H2,1H3,(H,16,17). The lowest BCUT2D eigenvalue weighted by Gasteiger charge is -2.29. The van der Waals surface area contributed by atoms with Crippen molar-refractivity contribution in [3.8, 4) is 0 Å². The molecule has 2 rings (SSSR count). The number of hydrogen-bond acceptors (Lipinski definition) is 2. The molecule has 2 aliphatic carbocycles. The van der Waals surface area contributed by atoms with E-state index in [1.807, 2.05) is 0 Å². The van der Waals surface area contributed by atoms with Crippen molar-refractivity contribution in [2.75, 3.05) is 6.54 Å². The quantitative estimate of drug-likeness (QED) is 0.745. The average Bonchev–Trinajstić information content (AvgIpc) is 3.13. The maximum absolute atomic E-state index is 11.7. The highest BCUT2D eigenvalue weighted by atomic mass is 16.1. The van der Waals surface area contributed by atoms with E-state index in [2.05, 4.69) is 17.6 Å². The summed E-state index contributed by atoms with van der Waals surface area (Å²) >= 11 is 0. The van der Waals surface area contributed by atoms with Crippen LogP contribution in [-0.2, 0) is 4.79 Å². The second-order valence-electron chi connectivity index (χ2n) is 5.73. The van der Waals surface area contributed by atoms with Crippen LogP contribution < -0.4 is 10.6 Å². The average molecular weight is 238 g/mol. The van der Waals surface area contributed by atoms with E-state index in [0.717, 1.165) is 5.92 Å². The summed E-state index contributed by atoms with van der Waals surface area (Å²) in [5.74, 6) is 1.11. The van der Waals surface area contributed by atoms with E-state index in [9.17, 15) is 4.79 Å². The molecule has 0 aromatic heterocycles. The number of amides is 1. The maximum atomic E-state index is 11.7. The number of carbonyl (C=O) groups excluding carboxylic acids is 1. The van der Waals surface area contributed by atoms with Crippen molar-refractivity contribution >= 4 is 5.91 Å². The van der Waals surface area contributed by atoms with Crippen LogP contribution in [0.15, 0.2) is 0 Å². The lowest BCUT2D eigenvalue weighted by atomic mass is 9.83. The molecular formula is C14H26N2O. The molecule has 98 valence electrons. The fraction of sp³-hybridized carbons (Fsp3) is 0.929. The van der Waals surface area contributed by atoms with Crippen molar-refractivity contribution in [1.82, 2.24) is 10.6 Å². The monoisotopic (exact) mass is 238 g/mol. The zero-order valence-corrected chi connectivity index (χ0v) is 11.0. The topological polar surface area (TPSA) is 41.1 Å². The highest BCUT2D eigenvalue weighted by Gasteiger charge is 2.24. The fourth-order valence-corrected chi connectivity index (χ4v) is 2.81. The third-order valence-corrected chi connectivity index (χ3v) is 4.04. The van der Waals surface area contributed by atoms with Crippen LogP contribution in [0.1, 0.15) is 58.3 Å². The normalized spacial score (nSPS) is 29.0. The summed E-state index contributed by atoms with van der Waals surface area (Å²) in [6.07, 6.45) is 10.1. The van der Waals surface area contributed by atoms with Gasteiger partial charge in [0.2, 0.25) is 5.91 Å². The van der Waals surface area contributed by atoms with Crippen LogP contribution in [0.25, 0.3) is 0 Å². The van der Waals surface area contributed by atoms with Gasteiger partial charge in [0.25, 0.3) is 0 Å². The van der Waals surface area contributed by atoms with Crippen LogP contribution in [0, 0.1) is 5.92 Å². The first-order chi connectivity index (χ1) is 8.28. The number of nitrogens with one attached hydrogen (secondary N) is 2. The number of rotatable bonds is 6. The van der Waals surface area contributed by atoms with Gasteiger partial charge in [-0.3, -0.25) is 4.79 Å². The lowest BCUT2D eigenvalue weighted by Crippen LogP contribution is -2.42. The molecule has 3 heteroatoms. The smallest absolute Gasteiger partial charge is 0.234 e. The number of carbonyl (C=O) groups is 1. The van der Waals surface area contributed by atoms with Gasteiger partial charge in [-0.2, -0.15) is 0 Å². The third kappa shape index (κ3) is 4.66. The van der Waals surface area contributed by atoms with Crippen LogP contribution >= 0.6 is 0 Å². The molecule has 0 saturated heterocycles. The number of hydrogen-bond donors (Lipinski definition) is 2. The second-order valence-corrected chi connectivity index (χ2v) is 5.73. The molecule has 2 N–H and O–H groups in total. The Balaban J connectivity index is 1.58. The largest absolute Gasteiger partial charge is 0.352 e. The van der Waals surface area contributed by atoms with Gasteiger partial charge in [0.15, 0.2) is 0 Å². The summed E-state index contributed by atoms with van der Waals surface area (Å²) in [7, 11) is 0. The van der Waals surface area contributed by atoms with Gasteiger partial charge < -0.3 is 10.6 Å². The van der Waals surface area contributed by atoms with Crippen LogP contribution in [0.4, 0.5) is 0 Å². The Bertz CT molecular complexity index is 243. The molecule has 2 saturated carbocycles. The first-order valence-electron chi connectivity index (χ1n) is 7.30. The Labute approximate surface area is 105 Å². The molecule has 0 aromatic rings. The molecule has 2 aliphatic rings. The molecule has 3 nitrogen and oxygen atoms in total. The van der Waals surface area contributed by atoms with Gasteiger partial charge in [0, 0.05) is 12.1 Å². The summed E-state index contributed by atoms with van der Waals surface area (Å²) in [4.78, 5) is 11.7. The first kappa shape index (κ1) is 12.9. The van der Waals surface area contributed by atoms with Gasteiger partial charge in [0.1, 0.15) is 0 Å². The third-order valence-electron chi connectivity index (χ3n) is 4.04. The predicted octanol–water partition coefficient (Wildman–Crippen LogP) is 2.21. The molecule has 0 heterocycles. The lowest BCUT2D eigenvalue weighted by molar-refractivity contribution is -0.121. The fourth-order valence-electron chi connectivity index (χ4n) is 2.81. The van der Waals surface area contributed by atoms with E-state index in [1.54, 1.807) is 0 Å². The van der Waals surface area contributed by atoms with Crippen molar-refractivity contribution < 1.29 is 4.79 Å². The van der Waals surface area contributed by atoms with Crippen molar-refractivity contribution in [2.45, 2.75) is 70.4 Å². The minimum Gasteiger partial charge on any atom is -0.352 e. The van der Waals surface area contributed by atoms with E-state index in [1.165, 1.54) is 51.4 Å². The molecule has 0 unspecified atom stereocenters. The molecule has 0 bridgehead atoms. The first-order valence-corrected chi connectivity index (χ1v) is 7.30. The molecule has 0 aromatic carbocycles. The molecule has 1 amide bonds. The SMILES string of the molecule is CCCC1CCC(NC(=O)CNC2CC2)CC1. The van der Waals surface area contributed by atoms with Crippen LogP contribution in [-0.4, -0.2) is 24.5 Å². The molecule has 17 heavy (non-hydrogen) atoms. The Morgan fingerprint density at radius 2 is 1.71 bits per heavy atom. The van der Waals surface area contributed by atoms with Gasteiger partial charge in [-0.15, -0.1) is 0 Å². The van der Waals surface area contributed by atoms with E-state index < -0.39 is 0 Å². The zero-order chi connectivity index (χ0) is 12.1. The van der Waals surface area contributed by atoms with E-state index >= 15 is 0 Å². The van der Waals surface area contributed by atoms with Gasteiger partial charge in [-0.1, -0.05) is 19.8 Å². The zero-order valence-electron chi connectivity index (χ0n) is 11.0. The van der Waals surface area contributed by atoms with Crippen molar-refractivity contribution in [1.29, 1.82) is 0 Å². The minimum atomic E-state index is 0.191. The summed E-state index contributed by atoms with van der Waals surface area (Å²) in [6, 6.07) is 1.07. The predicted molar refractivity (Wildman–Crippen MR) is 69.8 cm³/mol. The van der Waals surface area contributed by atoms with Crippen LogP contribution in [0.5, 0.6) is 0 Å². The van der Waals surface area contributed by atoms with E-state index in [-0.39, 0.29) is 5.91 Å². The summed E-state index contributed by atoms with van der Waals surface area (Å²) in [6.45, 7) is 2.77.